The second-order valence-corrected chi connectivity index (χ2v) is 6.02. The van der Waals surface area contributed by atoms with Crippen molar-refractivity contribution < 1.29 is 9.53 Å². The van der Waals surface area contributed by atoms with Gasteiger partial charge in [-0.1, -0.05) is 31.2 Å². The summed E-state index contributed by atoms with van der Waals surface area (Å²) in [5.74, 6) is 0.536. The summed E-state index contributed by atoms with van der Waals surface area (Å²) in [4.78, 5) is 16.9. The summed E-state index contributed by atoms with van der Waals surface area (Å²) in [6.07, 6.45) is 2.49. The van der Waals surface area contributed by atoms with Crippen LogP contribution in [0.15, 0.2) is 54.7 Å². The highest BCUT2D eigenvalue weighted by molar-refractivity contribution is 5.92. The predicted octanol–water partition coefficient (Wildman–Crippen LogP) is 3.57. The number of nitrogens with zero attached hydrogens (tertiary/aromatic N) is 2. The number of aromatic nitrogens is 3. The minimum absolute atomic E-state index is 0.149. The van der Waals surface area contributed by atoms with E-state index in [4.69, 9.17) is 4.74 Å². The number of benzene rings is 1. The number of carbonyl (C=O) groups is 1. The largest absolute Gasteiger partial charge is 0.487 e. The van der Waals surface area contributed by atoms with Crippen molar-refractivity contribution in [2.75, 3.05) is 0 Å². The normalized spacial score (nSPS) is 11.8. The first-order valence-electron chi connectivity index (χ1n) is 8.62. The highest BCUT2D eigenvalue weighted by Gasteiger charge is 2.18. The fraction of sp³-hybridized carbons (Fsp3) is 0.250. The molecule has 0 saturated heterocycles. The summed E-state index contributed by atoms with van der Waals surface area (Å²) in [7, 11) is 0. The topological polar surface area (TPSA) is 79.9 Å². The lowest BCUT2D eigenvalue weighted by Gasteiger charge is -2.17. The number of amides is 1. The van der Waals surface area contributed by atoms with Crippen molar-refractivity contribution in [1.82, 2.24) is 20.5 Å². The number of nitrogens with one attached hydrogen (secondary N) is 2. The summed E-state index contributed by atoms with van der Waals surface area (Å²) in [5, 5.41) is 9.94. The minimum atomic E-state index is -0.232. The van der Waals surface area contributed by atoms with E-state index in [-0.39, 0.29) is 11.9 Å². The maximum Gasteiger partial charge on any atom is 0.272 e. The number of para-hydroxylation sites is 1. The number of H-pyrrole nitrogens is 1. The van der Waals surface area contributed by atoms with Gasteiger partial charge >= 0.3 is 0 Å². The zero-order valence-electron chi connectivity index (χ0n) is 14.9. The van der Waals surface area contributed by atoms with Gasteiger partial charge in [0.25, 0.3) is 5.91 Å². The fourth-order valence-electron chi connectivity index (χ4n) is 2.69. The van der Waals surface area contributed by atoms with E-state index in [0.717, 1.165) is 29.1 Å². The number of ether oxygens (including phenoxy) is 1. The summed E-state index contributed by atoms with van der Waals surface area (Å²) < 4.78 is 5.66. The third-order valence-electron chi connectivity index (χ3n) is 4.09. The molecular weight excluding hydrogens is 328 g/mol. The van der Waals surface area contributed by atoms with E-state index in [1.165, 1.54) is 0 Å². The zero-order valence-corrected chi connectivity index (χ0v) is 14.9. The molecule has 26 heavy (non-hydrogen) atoms. The molecule has 134 valence electrons. The molecule has 0 bridgehead atoms. The van der Waals surface area contributed by atoms with Crippen molar-refractivity contribution in [3.8, 4) is 5.75 Å². The average molecular weight is 350 g/mol. The Morgan fingerprint density at radius 1 is 1.23 bits per heavy atom. The minimum Gasteiger partial charge on any atom is -0.487 e. The summed E-state index contributed by atoms with van der Waals surface area (Å²) in [6, 6.07) is 14.9. The van der Waals surface area contributed by atoms with Crippen LogP contribution in [-0.4, -0.2) is 21.1 Å². The van der Waals surface area contributed by atoms with Crippen LogP contribution in [0.2, 0.25) is 0 Å². The molecule has 6 heteroatoms. The van der Waals surface area contributed by atoms with Gasteiger partial charge in [-0.2, -0.15) is 5.10 Å². The van der Waals surface area contributed by atoms with Crippen molar-refractivity contribution in [2.24, 2.45) is 0 Å². The van der Waals surface area contributed by atoms with Crippen LogP contribution < -0.4 is 10.1 Å². The number of rotatable bonds is 7. The van der Waals surface area contributed by atoms with Gasteiger partial charge < -0.3 is 10.1 Å². The first-order chi connectivity index (χ1) is 12.7. The van der Waals surface area contributed by atoms with Gasteiger partial charge in [0, 0.05) is 6.20 Å². The van der Waals surface area contributed by atoms with Gasteiger partial charge in [0.15, 0.2) is 0 Å². The van der Waals surface area contributed by atoms with Crippen LogP contribution in [0.3, 0.4) is 0 Å². The molecule has 3 aromatic rings. The van der Waals surface area contributed by atoms with Gasteiger partial charge in [-0.05, 0) is 43.2 Å². The summed E-state index contributed by atoms with van der Waals surface area (Å²) in [5.41, 5.74) is 3.01. The SMILES string of the molecule is CC[C@H](NC(=O)c1cc(COc2ccccc2)[nH]n1)c1ncccc1C. The van der Waals surface area contributed by atoms with Crippen molar-refractivity contribution in [3.63, 3.8) is 0 Å². The first-order valence-corrected chi connectivity index (χ1v) is 8.62. The molecule has 2 aromatic heterocycles. The van der Waals surface area contributed by atoms with Crippen molar-refractivity contribution >= 4 is 5.91 Å². The maximum atomic E-state index is 12.5. The van der Waals surface area contributed by atoms with Crippen LogP contribution in [0.1, 0.15) is 46.8 Å². The van der Waals surface area contributed by atoms with Crippen LogP contribution in [0.5, 0.6) is 5.75 Å². The van der Waals surface area contributed by atoms with Crippen molar-refractivity contribution in [1.29, 1.82) is 0 Å². The average Bonchev–Trinajstić information content (AvgIpc) is 3.15. The number of aromatic amines is 1. The molecule has 1 aromatic carbocycles. The quantitative estimate of drug-likeness (QED) is 0.683. The molecule has 0 saturated carbocycles. The molecule has 0 aliphatic rings. The Bertz CT molecular complexity index is 861. The van der Waals surface area contributed by atoms with Crippen LogP contribution in [0.25, 0.3) is 0 Å². The van der Waals surface area contributed by atoms with Crippen LogP contribution >= 0.6 is 0 Å². The monoisotopic (exact) mass is 350 g/mol. The molecule has 0 fully saturated rings. The molecule has 2 N–H and O–H groups in total. The van der Waals surface area contributed by atoms with E-state index in [9.17, 15) is 4.79 Å². The van der Waals surface area contributed by atoms with E-state index in [0.29, 0.717) is 12.3 Å². The Morgan fingerprint density at radius 3 is 2.77 bits per heavy atom. The Balaban J connectivity index is 1.63. The van der Waals surface area contributed by atoms with Crippen molar-refractivity contribution in [3.05, 3.63) is 77.4 Å². The third-order valence-corrected chi connectivity index (χ3v) is 4.09. The molecule has 0 aliphatic carbocycles. The number of hydrogen-bond acceptors (Lipinski definition) is 4. The molecule has 0 aliphatic heterocycles. The van der Waals surface area contributed by atoms with Crippen LogP contribution in [-0.2, 0) is 6.61 Å². The molecule has 2 heterocycles. The maximum absolute atomic E-state index is 12.5. The summed E-state index contributed by atoms with van der Waals surface area (Å²) in [6.45, 7) is 4.33. The van der Waals surface area contributed by atoms with Gasteiger partial charge in [-0.3, -0.25) is 14.9 Å². The Kier molecular flexibility index (Phi) is 5.63. The first kappa shape index (κ1) is 17.7. The lowest BCUT2D eigenvalue weighted by atomic mass is 10.1. The fourth-order valence-corrected chi connectivity index (χ4v) is 2.69. The van der Waals surface area contributed by atoms with Gasteiger partial charge in [0.1, 0.15) is 18.1 Å². The van der Waals surface area contributed by atoms with E-state index in [2.05, 4.69) is 20.5 Å². The molecule has 6 nitrogen and oxygen atoms in total. The predicted molar refractivity (Wildman–Crippen MR) is 98.8 cm³/mol. The van der Waals surface area contributed by atoms with E-state index in [1.54, 1.807) is 12.3 Å². The molecular formula is C20H22N4O2. The van der Waals surface area contributed by atoms with E-state index >= 15 is 0 Å². The zero-order chi connectivity index (χ0) is 18.4. The molecule has 0 unspecified atom stereocenters. The molecule has 1 amide bonds. The number of hydrogen-bond donors (Lipinski definition) is 2. The standard InChI is InChI=1S/C20H22N4O2/c1-3-17(19-14(2)8-7-11-21-19)22-20(25)18-12-15(23-24-18)13-26-16-9-5-4-6-10-16/h4-12,17H,3,13H2,1-2H3,(H,22,25)(H,23,24)/t17-/m0/s1. The van der Waals surface area contributed by atoms with Crippen molar-refractivity contribution in [2.45, 2.75) is 32.9 Å². The summed E-state index contributed by atoms with van der Waals surface area (Å²) >= 11 is 0. The Morgan fingerprint density at radius 2 is 2.04 bits per heavy atom. The van der Waals surface area contributed by atoms with Gasteiger partial charge in [-0.25, -0.2) is 0 Å². The molecule has 3 rings (SSSR count). The molecule has 1 atom stereocenters. The smallest absolute Gasteiger partial charge is 0.272 e. The van der Waals surface area contributed by atoms with Crippen LogP contribution in [0, 0.1) is 6.92 Å². The molecule has 0 spiro atoms. The van der Waals surface area contributed by atoms with Crippen LogP contribution in [0.4, 0.5) is 0 Å². The second kappa shape index (κ2) is 8.29. The van der Waals surface area contributed by atoms with E-state index < -0.39 is 0 Å². The Hall–Kier alpha value is -3.15. The lowest BCUT2D eigenvalue weighted by Crippen LogP contribution is -2.29. The van der Waals surface area contributed by atoms with Gasteiger partial charge in [-0.15, -0.1) is 0 Å². The molecule has 0 radical (unpaired) electrons. The lowest BCUT2D eigenvalue weighted by molar-refractivity contribution is 0.0929. The van der Waals surface area contributed by atoms with Gasteiger partial charge in [0.05, 0.1) is 17.4 Å². The Labute approximate surface area is 152 Å². The third kappa shape index (κ3) is 4.27. The number of pyridine rings is 1. The van der Waals surface area contributed by atoms with E-state index in [1.807, 2.05) is 56.3 Å². The van der Waals surface area contributed by atoms with Gasteiger partial charge in [0.2, 0.25) is 0 Å². The number of carbonyl (C=O) groups excluding carboxylic acids is 1. The highest BCUT2D eigenvalue weighted by Crippen LogP contribution is 2.18. The number of aryl methyl sites for hydroxylation is 1. The second-order valence-electron chi connectivity index (χ2n) is 6.02. The highest BCUT2D eigenvalue weighted by atomic mass is 16.5.